The van der Waals surface area contributed by atoms with E-state index in [1.807, 2.05) is 13.8 Å². The lowest BCUT2D eigenvalue weighted by atomic mass is 10.1. The molecule has 6 heteroatoms. The third-order valence-electron chi connectivity index (χ3n) is 3.62. The van der Waals surface area contributed by atoms with Crippen LogP contribution in [0.5, 0.6) is 0 Å². The number of aliphatic hydroxyl groups is 1. The van der Waals surface area contributed by atoms with E-state index in [-0.39, 0.29) is 12.1 Å². The first-order valence-electron chi connectivity index (χ1n) is 7.31. The van der Waals surface area contributed by atoms with E-state index < -0.39 is 18.1 Å². The zero-order valence-corrected chi connectivity index (χ0v) is 12.5. The summed E-state index contributed by atoms with van der Waals surface area (Å²) in [7, 11) is 0. The SMILES string of the molecule is CC(C)CN(C(=O)NC(C(=O)O)C(C)O)C1CCCC1. The van der Waals surface area contributed by atoms with Crippen molar-refractivity contribution >= 4 is 12.0 Å². The minimum atomic E-state index is -1.27. The lowest BCUT2D eigenvalue weighted by Gasteiger charge is -2.32. The molecule has 0 spiro atoms. The Morgan fingerprint density at radius 3 is 2.20 bits per heavy atom. The standard InChI is InChI=1S/C14H26N2O4/c1-9(2)8-16(11-6-4-5-7-11)14(20)15-12(10(3)17)13(18)19/h9-12,17H,4-8H2,1-3H3,(H,15,20)(H,18,19). The number of carboxylic acid groups (broad SMARTS) is 1. The molecule has 2 amide bonds. The number of carbonyl (C=O) groups is 2. The molecule has 0 radical (unpaired) electrons. The Kier molecular flexibility index (Phi) is 6.26. The average molecular weight is 286 g/mol. The van der Waals surface area contributed by atoms with Crippen molar-refractivity contribution in [3.63, 3.8) is 0 Å². The summed E-state index contributed by atoms with van der Waals surface area (Å²) in [6.45, 7) is 6.02. The van der Waals surface area contributed by atoms with Crippen molar-refractivity contribution in [1.82, 2.24) is 10.2 Å². The van der Waals surface area contributed by atoms with Crippen molar-refractivity contribution in [3.8, 4) is 0 Å². The number of urea groups is 1. The third-order valence-corrected chi connectivity index (χ3v) is 3.62. The first kappa shape index (κ1) is 16.8. The normalized spacial score (nSPS) is 18.9. The highest BCUT2D eigenvalue weighted by Crippen LogP contribution is 2.24. The third kappa shape index (κ3) is 4.67. The minimum absolute atomic E-state index is 0.181. The molecule has 1 saturated carbocycles. The van der Waals surface area contributed by atoms with Crippen LogP contribution in [0.1, 0.15) is 46.5 Å². The van der Waals surface area contributed by atoms with E-state index in [0.717, 1.165) is 25.7 Å². The lowest BCUT2D eigenvalue weighted by Crippen LogP contribution is -2.55. The minimum Gasteiger partial charge on any atom is -0.480 e. The number of nitrogens with one attached hydrogen (secondary N) is 1. The Bertz CT molecular complexity index is 338. The molecule has 1 fully saturated rings. The van der Waals surface area contributed by atoms with Crippen molar-refractivity contribution < 1.29 is 19.8 Å². The zero-order chi connectivity index (χ0) is 15.3. The summed E-state index contributed by atoms with van der Waals surface area (Å²) in [6.07, 6.45) is 3.01. The van der Waals surface area contributed by atoms with E-state index >= 15 is 0 Å². The predicted molar refractivity (Wildman–Crippen MR) is 75.4 cm³/mol. The fourth-order valence-electron chi connectivity index (χ4n) is 2.61. The van der Waals surface area contributed by atoms with Gasteiger partial charge in [0, 0.05) is 12.6 Å². The second kappa shape index (κ2) is 7.47. The van der Waals surface area contributed by atoms with Crippen molar-refractivity contribution in [3.05, 3.63) is 0 Å². The fraction of sp³-hybridized carbons (Fsp3) is 0.857. The topological polar surface area (TPSA) is 89.9 Å². The molecule has 1 aliphatic carbocycles. The molecule has 0 bridgehead atoms. The van der Waals surface area contributed by atoms with Crippen LogP contribution in [0.3, 0.4) is 0 Å². The van der Waals surface area contributed by atoms with Gasteiger partial charge in [0.05, 0.1) is 6.10 Å². The molecular weight excluding hydrogens is 260 g/mol. The highest BCUT2D eigenvalue weighted by atomic mass is 16.4. The van der Waals surface area contributed by atoms with Gasteiger partial charge in [-0.2, -0.15) is 0 Å². The summed E-state index contributed by atoms with van der Waals surface area (Å²) in [5.74, 6) is -0.902. The molecule has 0 aromatic carbocycles. The average Bonchev–Trinajstić information content (AvgIpc) is 2.85. The Morgan fingerprint density at radius 2 is 1.80 bits per heavy atom. The molecule has 0 aromatic heterocycles. The number of aliphatic carboxylic acids is 1. The Labute approximate surface area is 120 Å². The highest BCUT2D eigenvalue weighted by Gasteiger charge is 2.31. The maximum Gasteiger partial charge on any atom is 0.328 e. The van der Waals surface area contributed by atoms with Gasteiger partial charge in [-0.1, -0.05) is 26.7 Å². The maximum atomic E-state index is 12.3. The zero-order valence-electron chi connectivity index (χ0n) is 12.5. The van der Waals surface area contributed by atoms with Gasteiger partial charge in [-0.25, -0.2) is 9.59 Å². The van der Waals surface area contributed by atoms with Crippen LogP contribution in [-0.4, -0.2) is 51.8 Å². The van der Waals surface area contributed by atoms with Crippen molar-refractivity contribution in [2.24, 2.45) is 5.92 Å². The number of hydrogen-bond donors (Lipinski definition) is 3. The first-order chi connectivity index (χ1) is 9.32. The molecule has 116 valence electrons. The van der Waals surface area contributed by atoms with Gasteiger partial charge in [0.2, 0.25) is 0 Å². The Balaban J connectivity index is 2.73. The van der Waals surface area contributed by atoms with E-state index in [2.05, 4.69) is 5.32 Å². The summed E-state index contributed by atoms with van der Waals surface area (Å²) in [5, 5.41) is 20.9. The number of aliphatic hydroxyl groups excluding tert-OH is 1. The van der Waals surface area contributed by atoms with Crippen LogP contribution in [0.4, 0.5) is 4.79 Å². The largest absolute Gasteiger partial charge is 0.480 e. The summed E-state index contributed by atoms with van der Waals surface area (Å²) >= 11 is 0. The molecule has 2 atom stereocenters. The van der Waals surface area contributed by atoms with Gasteiger partial charge < -0.3 is 20.4 Å². The number of rotatable bonds is 6. The maximum absolute atomic E-state index is 12.3. The van der Waals surface area contributed by atoms with E-state index in [9.17, 15) is 14.7 Å². The van der Waals surface area contributed by atoms with Crippen molar-refractivity contribution in [1.29, 1.82) is 0 Å². The van der Waals surface area contributed by atoms with Crippen molar-refractivity contribution in [2.75, 3.05) is 6.54 Å². The Morgan fingerprint density at radius 1 is 1.25 bits per heavy atom. The molecule has 6 nitrogen and oxygen atoms in total. The predicted octanol–water partition coefficient (Wildman–Crippen LogP) is 1.43. The molecule has 2 unspecified atom stereocenters. The van der Waals surface area contributed by atoms with Gasteiger partial charge in [-0.05, 0) is 25.7 Å². The van der Waals surface area contributed by atoms with Crippen LogP contribution in [0, 0.1) is 5.92 Å². The smallest absolute Gasteiger partial charge is 0.328 e. The molecule has 0 saturated heterocycles. The summed E-state index contributed by atoms with van der Waals surface area (Å²) in [6, 6.07) is -1.47. The molecule has 1 rings (SSSR count). The molecule has 0 heterocycles. The summed E-state index contributed by atoms with van der Waals surface area (Å²) in [5.41, 5.74) is 0. The van der Waals surface area contributed by atoms with E-state index in [0.29, 0.717) is 12.5 Å². The number of carboxylic acids is 1. The van der Waals surface area contributed by atoms with Crippen LogP contribution in [0.15, 0.2) is 0 Å². The molecule has 3 N–H and O–H groups in total. The number of nitrogens with zero attached hydrogens (tertiary/aromatic N) is 1. The number of amides is 2. The van der Waals surface area contributed by atoms with Crippen molar-refractivity contribution in [2.45, 2.75) is 64.6 Å². The van der Waals surface area contributed by atoms with Crippen LogP contribution in [0.25, 0.3) is 0 Å². The second-order valence-electron chi connectivity index (χ2n) is 5.99. The van der Waals surface area contributed by atoms with Gasteiger partial charge in [-0.15, -0.1) is 0 Å². The van der Waals surface area contributed by atoms with Crippen LogP contribution >= 0.6 is 0 Å². The lowest BCUT2D eigenvalue weighted by molar-refractivity contribution is -0.141. The van der Waals surface area contributed by atoms with Crippen LogP contribution in [0.2, 0.25) is 0 Å². The van der Waals surface area contributed by atoms with Gasteiger partial charge >= 0.3 is 12.0 Å². The molecule has 1 aliphatic rings. The van der Waals surface area contributed by atoms with E-state index in [1.165, 1.54) is 6.92 Å². The van der Waals surface area contributed by atoms with Gasteiger partial charge in [-0.3, -0.25) is 0 Å². The van der Waals surface area contributed by atoms with Gasteiger partial charge in [0.15, 0.2) is 6.04 Å². The van der Waals surface area contributed by atoms with Gasteiger partial charge in [0.1, 0.15) is 0 Å². The molecule has 20 heavy (non-hydrogen) atoms. The highest BCUT2D eigenvalue weighted by molar-refractivity contribution is 5.83. The fourth-order valence-corrected chi connectivity index (χ4v) is 2.61. The summed E-state index contributed by atoms with van der Waals surface area (Å²) < 4.78 is 0. The van der Waals surface area contributed by atoms with Crippen LogP contribution < -0.4 is 5.32 Å². The molecule has 0 aliphatic heterocycles. The molecular formula is C14H26N2O4. The van der Waals surface area contributed by atoms with E-state index in [1.54, 1.807) is 4.90 Å². The monoisotopic (exact) mass is 286 g/mol. The number of hydrogen-bond acceptors (Lipinski definition) is 3. The summed E-state index contributed by atoms with van der Waals surface area (Å²) in [4.78, 5) is 25.1. The van der Waals surface area contributed by atoms with E-state index in [4.69, 9.17) is 5.11 Å². The first-order valence-corrected chi connectivity index (χ1v) is 7.31. The quantitative estimate of drug-likeness (QED) is 0.689. The van der Waals surface area contributed by atoms with Gasteiger partial charge in [0.25, 0.3) is 0 Å². The second-order valence-corrected chi connectivity index (χ2v) is 5.99. The van der Waals surface area contributed by atoms with Crippen LogP contribution in [-0.2, 0) is 4.79 Å². The molecule has 0 aromatic rings. The Hall–Kier alpha value is -1.30. The number of carbonyl (C=O) groups excluding carboxylic acids is 1.